The molecule has 0 bridgehead atoms. The Hall–Kier alpha value is -1.91. The van der Waals surface area contributed by atoms with E-state index in [9.17, 15) is 9.18 Å². The van der Waals surface area contributed by atoms with Crippen molar-refractivity contribution in [3.63, 3.8) is 0 Å². The number of carbonyl (C=O) groups excluding carboxylic acids is 1. The standard InChI is InChI=1S/C21H23ClFNO2/c22-19-12-16(10-14-6-8-17(24)9-7-14)11-18(20(19)23)21(25)26-13-15-4-2-1-3-5-15/h1-5,11-12,14,17H,6-10,13,24H2. The second-order valence-corrected chi connectivity index (χ2v) is 7.39. The maximum Gasteiger partial charge on any atom is 0.341 e. The van der Waals surface area contributed by atoms with Crippen molar-refractivity contribution in [2.75, 3.05) is 0 Å². The molecule has 1 aliphatic carbocycles. The van der Waals surface area contributed by atoms with Gasteiger partial charge in [0.2, 0.25) is 0 Å². The lowest BCUT2D eigenvalue weighted by Crippen LogP contribution is -2.27. The van der Waals surface area contributed by atoms with Crippen LogP contribution >= 0.6 is 11.6 Å². The Bertz CT molecular complexity index is 758. The quantitative estimate of drug-likeness (QED) is 0.756. The predicted molar refractivity (Wildman–Crippen MR) is 101 cm³/mol. The van der Waals surface area contributed by atoms with Gasteiger partial charge in [-0.3, -0.25) is 0 Å². The summed E-state index contributed by atoms with van der Waals surface area (Å²) in [5, 5.41) is -0.0401. The molecule has 0 heterocycles. The normalized spacial score (nSPS) is 20.0. The lowest BCUT2D eigenvalue weighted by Gasteiger charge is -2.26. The minimum absolute atomic E-state index is 0.0401. The molecule has 5 heteroatoms. The Labute approximate surface area is 158 Å². The van der Waals surface area contributed by atoms with Crippen LogP contribution < -0.4 is 5.73 Å². The Morgan fingerprint density at radius 2 is 1.81 bits per heavy atom. The molecule has 0 aromatic heterocycles. The van der Waals surface area contributed by atoms with E-state index in [2.05, 4.69) is 0 Å². The molecule has 1 fully saturated rings. The van der Waals surface area contributed by atoms with Crippen LogP contribution in [0.3, 0.4) is 0 Å². The highest BCUT2D eigenvalue weighted by atomic mass is 35.5. The van der Waals surface area contributed by atoms with Crippen molar-refractivity contribution >= 4 is 17.6 Å². The van der Waals surface area contributed by atoms with E-state index in [1.54, 1.807) is 12.1 Å². The number of rotatable bonds is 5. The average molecular weight is 376 g/mol. The summed E-state index contributed by atoms with van der Waals surface area (Å²) in [6, 6.07) is 12.8. The van der Waals surface area contributed by atoms with Gasteiger partial charge in [-0.2, -0.15) is 0 Å². The Balaban J connectivity index is 1.69. The number of benzene rings is 2. The van der Waals surface area contributed by atoms with Gasteiger partial charge in [-0.15, -0.1) is 0 Å². The zero-order valence-electron chi connectivity index (χ0n) is 14.6. The molecule has 0 saturated heterocycles. The van der Waals surface area contributed by atoms with Gasteiger partial charge in [0.15, 0.2) is 5.82 Å². The first-order chi connectivity index (χ1) is 12.5. The highest BCUT2D eigenvalue weighted by Crippen LogP contribution is 2.29. The van der Waals surface area contributed by atoms with E-state index >= 15 is 0 Å². The molecule has 0 aliphatic heterocycles. The Morgan fingerprint density at radius 3 is 2.50 bits per heavy atom. The van der Waals surface area contributed by atoms with Gasteiger partial charge >= 0.3 is 5.97 Å². The summed E-state index contributed by atoms with van der Waals surface area (Å²) in [7, 11) is 0. The SMILES string of the molecule is NC1CCC(Cc2cc(Cl)c(F)c(C(=O)OCc3ccccc3)c2)CC1. The van der Waals surface area contributed by atoms with Crippen LogP contribution in [0, 0.1) is 11.7 Å². The Kier molecular flexibility index (Phi) is 6.28. The van der Waals surface area contributed by atoms with Crippen molar-refractivity contribution in [3.05, 3.63) is 70.0 Å². The van der Waals surface area contributed by atoms with Crippen molar-refractivity contribution < 1.29 is 13.9 Å². The third-order valence-electron chi connectivity index (χ3n) is 4.94. The first-order valence-corrected chi connectivity index (χ1v) is 9.35. The van der Waals surface area contributed by atoms with Gasteiger partial charge in [-0.25, -0.2) is 9.18 Å². The maximum absolute atomic E-state index is 14.3. The van der Waals surface area contributed by atoms with E-state index in [0.717, 1.165) is 43.2 Å². The first kappa shape index (κ1) is 18.9. The number of ether oxygens (including phenoxy) is 1. The molecule has 0 amide bonds. The second kappa shape index (κ2) is 8.65. The molecule has 2 aromatic rings. The van der Waals surface area contributed by atoms with Crippen LogP contribution in [0.2, 0.25) is 5.02 Å². The van der Waals surface area contributed by atoms with Gasteiger partial charge in [0.1, 0.15) is 6.61 Å². The first-order valence-electron chi connectivity index (χ1n) is 8.97. The zero-order valence-corrected chi connectivity index (χ0v) is 15.3. The van der Waals surface area contributed by atoms with E-state index < -0.39 is 11.8 Å². The fourth-order valence-corrected chi connectivity index (χ4v) is 3.68. The summed E-state index contributed by atoms with van der Waals surface area (Å²) in [6.07, 6.45) is 4.87. The molecule has 2 aromatic carbocycles. The molecule has 26 heavy (non-hydrogen) atoms. The molecule has 2 N–H and O–H groups in total. The largest absolute Gasteiger partial charge is 0.457 e. The predicted octanol–water partition coefficient (Wildman–Crippen LogP) is 4.90. The highest BCUT2D eigenvalue weighted by Gasteiger charge is 2.22. The molecule has 1 aliphatic rings. The summed E-state index contributed by atoms with van der Waals surface area (Å²) in [6.45, 7) is 0.0987. The van der Waals surface area contributed by atoms with Crippen molar-refractivity contribution in [3.8, 4) is 0 Å². The van der Waals surface area contributed by atoms with Crippen molar-refractivity contribution in [2.24, 2.45) is 11.7 Å². The van der Waals surface area contributed by atoms with E-state index in [4.69, 9.17) is 22.1 Å². The number of carbonyl (C=O) groups is 1. The molecule has 0 radical (unpaired) electrons. The molecule has 138 valence electrons. The van der Waals surface area contributed by atoms with Crippen LogP contribution in [0.4, 0.5) is 4.39 Å². The fourth-order valence-electron chi connectivity index (χ4n) is 3.44. The van der Waals surface area contributed by atoms with Crippen LogP contribution in [0.25, 0.3) is 0 Å². The molecular formula is C21H23ClFNO2. The van der Waals surface area contributed by atoms with Crippen LogP contribution in [0.5, 0.6) is 0 Å². The third kappa shape index (κ3) is 4.83. The van der Waals surface area contributed by atoms with Gasteiger partial charge in [0, 0.05) is 6.04 Å². The van der Waals surface area contributed by atoms with Crippen molar-refractivity contribution in [1.29, 1.82) is 0 Å². The summed E-state index contributed by atoms with van der Waals surface area (Å²) < 4.78 is 19.6. The number of esters is 1. The lowest BCUT2D eigenvalue weighted by atomic mass is 9.82. The van der Waals surface area contributed by atoms with E-state index in [1.807, 2.05) is 30.3 Å². The molecule has 3 nitrogen and oxygen atoms in total. The smallest absolute Gasteiger partial charge is 0.341 e. The topological polar surface area (TPSA) is 52.3 Å². The minimum atomic E-state index is -0.723. The molecule has 1 saturated carbocycles. The summed E-state index contributed by atoms with van der Waals surface area (Å²) in [5.41, 5.74) is 7.56. The third-order valence-corrected chi connectivity index (χ3v) is 5.21. The number of hydrogen-bond acceptors (Lipinski definition) is 3. The summed E-state index contributed by atoms with van der Waals surface area (Å²) >= 11 is 6.02. The molecular weight excluding hydrogens is 353 g/mol. The van der Waals surface area contributed by atoms with Gasteiger partial charge in [0.25, 0.3) is 0 Å². The monoisotopic (exact) mass is 375 g/mol. The molecule has 0 spiro atoms. The van der Waals surface area contributed by atoms with Gasteiger partial charge in [0.05, 0.1) is 10.6 Å². The van der Waals surface area contributed by atoms with Gasteiger partial charge in [-0.05, 0) is 61.3 Å². The van der Waals surface area contributed by atoms with Crippen LogP contribution in [0.15, 0.2) is 42.5 Å². The fraction of sp³-hybridized carbons (Fsp3) is 0.381. The number of hydrogen-bond donors (Lipinski definition) is 1. The molecule has 0 atom stereocenters. The lowest BCUT2D eigenvalue weighted by molar-refractivity contribution is 0.0467. The summed E-state index contributed by atoms with van der Waals surface area (Å²) in [5.74, 6) is -0.926. The van der Waals surface area contributed by atoms with Crippen LogP contribution in [-0.2, 0) is 17.8 Å². The number of nitrogens with two attached hydrogens (primary N) is 1. The minimum Gasteiger partial charge on any atom is -0.457 e. The molecule has 3 rings (SSSR count). The summed E-state index contributed by atoms with van der Waals surface area (Å²) in [4.78, 5) is 12.3. The van der Waals surface area contributed by atoms with E-state index in [0.29, 0.717) is 5.92 Å². The van der Waals surface area contributed by atoms with E-state index in [-0.39, 0.29) is 23.2 Å². The van der Waals surface area contributed by atoms with E-state index in [1.165, 1.54) is 0 Å². The van der Waals surface area contributed by atoms with Crippen molar-refractivity contribution in [2.45, 2.75) is 44.8 Å². The second-order valence-electron chi connectivity index (χ2n) is 6.99. The number of halogens is 2. The highest BCUT2D eigenvalue weighted by molar-refractivity contribution is 6.31. The van der Waals surface area contributed by atoms with Crippen LogP contribution in [0.1, 0.15) is 47.2 Å². The Morgan fingerprint density at radius 1 is 1.12 bits per heavy atom. The van der Waals surface area contributed by atoms with Gasteiger partial charge in [-0.1, -0.05) is 41.9 Å². The average Bonchev–Trinajstić information content (AvgIpc) is 2.65. The van der Waals surface area contributed by atoms with Crippen LogP contribution in [-0.4, -0.2) is 12.0 Å². The van der Waals surface area contributed by atoms with Crippen molar-refractivity contribution in [1.82, 2.24) is 0 Å². The molecule has 0 unspecified atom stereocenters. The zero-order chi connectivity index (χ0) is 18.5. The van der Waals surface area contributed by atoms with Gasteiger partial charge < -0.3 is 10.5 Å². The maximum atomic E-state index is 14.3.